The monoisotopic (exact) mass is 268 g/mol. The van der Waals surface area contributed by atoms with Crippen molar-refractivity contribution < 1.29 is 19.5 Å². The Hall–Kier alpha value is -1.85. The van der Waals surface area contributed by atoms with Gasteiger partial charge in [0, 0.05) is 37.2 Å². The van der Waals surface area contributed by atoms with Gasteiger partial charge in [0.15, 0.2) is 0 Å². The molecule has 1 aliphatic rings. The van der Waals surface area contributed by atoms with Gasteiger partial charge in [-0.25, -0.2) is 4.79 Å². The summed E-state index contributed by atoms with van der Waals surface area (Å²) in [6, 6.07) is 0. The van der Waals surface area contributed by atoms with Crippen LogP contribution in [0.2, 0.25) is 0 Å². The van der Waals surface area contributed by atoms with E-state index in [1.165, 1.54) is 13.8 Å². The topological polar surface area (TPSA) is 86.7 Å². The standard InChI is InChI=1S/C13H20N2O4/c1-8(9(2)13(18)19)12(17)15-6-4-10(5-7-15)11(16)14-3/h10H,4-7H2,1-3H3,(H,14,16)(H,18,19)/b9-8-. The van der Waals surface area contributed by atoms with E-state index >= 15 is 0 Å². The highest BCUT2D eigenvalue weighted by Crippen LogP contribution is 2.19. The van der Waals surface area contributed by atoms with Gasteiger partial charge in [0.1, 0.15) is 0 Å². The molecule has 6 nitrogen and oxygen atoms in total. The smallest absolute Gasteiger partial charge is 0.331 e. The van der Waals surface area contributed by atoms with Gasteiger partial charge in [-0.1, -0.05) is 0 Å². The van der Waals surface area contributed by atoms with Crippen LogP contribution in [0.4, 0.5) is 0 Å². The minimum Gasteiger partial charge on any atom is -0.478 e. The van der Waals surface area contributed by atoms with Crippen LogP contribution in [0.25, 0.3) is 0 Å². The molecule has 0 spiro atoms. The zero-order valence-corrected chi connectivity index (χ0v) is 11.5. The molecule has 0 radical (unpaired) electrons. The minimum absolute atomic E-state index is 0.001000. The summed E-state index contributed by atoms with van der Waals surface area (Å²) in [5.74, 6) is -1.39. The molecule has 0 saturated carbocycles. The maximum Gasteiger partial charge on any atom is 0.331 e. The van der Waals surface area contributed by atoms with Gasteiger partial charge in [-0.05, 0) is 26.7 Å². The number of aliphatic carboxylic acids is 1. The Morgan fingerprint density at radius 1 is 1.11 bits per heavy atom. The lowest BCUT2D eigenvalue weighted by Crippen LogP contribution is -2.42. The van der Waals surface area contributed by atoms with Crippen LogP contribution in [0.15, 0.2) is 11.1 Å². The van der Waals surface area contributed by atoms with Gasteiger partial charge in [0.05, 0.1) is 0 Å². The number of carbonyl (C=O) groups is 3. The van der Waals surface area contributed by atoms with Crippen LogP contribution >= 0.6 is 0 Å². The first-order chi connectivity index (χ1) is 8.88. The Morgan fingerprint density at radius 3 is 2.05 bits per heavy atom. The van der Waals surface area contributed by atoms with Gasteiger partial charge in [-0.3, -0.25) is 9.59 Å². The molecule has 1 rings (SSSR count). The summed E-state index contributed by atoms with van der Waals surface area (Å²) < 4.78 is 0. The SMILES string of the molecule is CNC(=O)C1CCN(C(=O)/C(C)=C(/C)C(=O)O)CC1. The van der Waals surface area contributed by atoms with Crippen molar-refractivity contribution in [3.63, 3.8) is 0 Å². The van der Waals surface area contributed by atoms with E-state index in [4.69, 9.17) is 5.11 Å². The van der Waals surface area contributed by atoms with E-state index in [2.05, 4.69) is 5.32 Å². The molecule has 2 amide bonds. The van der Waals surface area contributed by atoms with E-state index in [1.54, 1.807) is 11.9 Å². The maximum absolute atomic E-state index is 12.1. The highest BCUT2D eigenvalue weighted by atomic mass is 16.4. The number of likely N-dealkylation sites (tertiary alicyclic amines) is 1. The first-order valence-corrected chi connectivity index (χ1v) is 6.30. The predicted molar refractivity (Wildman–Crippen MR) is 69.4 cm³/mol. The molecule has 0 aliphatic carbocycles. The summed E-state index contributed by atoms with van der Waals surface area (Å²) in [5.41, 5.74) is 0.323. The van der Waals surface area contributed by atoms with Gasteiger partial charge in [0.25, 0.3) is 0 Å². The van der Waals surface area contributed by atoms with Gasteiger partial charge < -0.3 is 15.3 Å². The first-order valence-electron chi connectivity index (χ1n) is 6.30. The summed E-state index contributed by atoms with van der Waals surface area (Å²) in [7, 11) is 1.60. The lowest BCUT2D eigenvalue weighted by atomic mass is 9.95. The molecule has 6 heteroatoms. The minimum atomic E-state index is -1.08. The fourth-order valence-electron chi connectivity index (χ4n) is 2.11. The molecule has 106 valence electrons. The molecule has 0 bridgehead atoms. The van der Waals surface area contributed by atoms with E-state index in [-0.39, 0.29) is 28.9 Å². The van der Waals surface area contributed by atoms with E-state index in [9.17, 15) is 14.4 Å². The Labute approximate surface area is 112 Å². The summed E-state index contributed by atoms with van der Waals surface area (Å²) in [6.07, 6.45) is 1.23. The second-order valence-corrected chi connectivity index (χ2v) is 4.74. The van der Waals surface area contributed by atoms with Crippen molar-refractivity contribution in [2.75, 3.05) is 20.1 Å². The van der Waals surface area contributed by atoms with Crippen LogP contribution in [-0.4, -0.2) is 47.9 Å². The molecule has 1 heterocycles. The van der Waals surface area contributed by atoms with Gasteiger partial charge in [-0.2, -0.15) is 0 Å². The van der Waals surface area contributed by atoms with Gasteiger partial charge >= 0.3 is 5.97 Å². The number of nitrogens with zero attached hydrogens (tertiary/aromatic N) is 1. The Morgan fingerprint density at radius 2 is 1.63 bits per heavy atom. The van der Waals surface area contributed by atoms with Crippen molar-refractivity contribution in [2.45, 2.75) is 26.7 Å². The number of hydrogen-bond acceptors (Lipinski definition) is 3. The molecular formula is C13H20N2O4. The fourth-order valence-corrected chi connectivity index (χ4v) is 2.11. The number of piperidine rings is 1. The largest absolute Gasteiger partial charge is 0.478 e. The Bertz CT molecular complexity index is 420. The van der Waals surface area contributed by atoms with E-state index in [0.717, 1.165) is 0 Å². The fraction of sp³-hybridized carbons (Fsp3) is 0.615. The molecule has 2 N–H and O–H groups in total. The van der Waals surface area contributed by atoms with E-state index in [1.807, 2.05) is 0 Å². The van der Waals surface area contributed by atoms with Crippen molar-refractivity contribution in [1.82, 2.24) is 10.2 Å². The second-order valence-electron chi connectivity index (χ2n) is 4.74. The molecule has 0 aromatic rings. The number of carboxylic acids is 1. The summed E-state index contributed by atoms with van der Waals surface area (Å²) in [5, 5.41) is 11.5. The second kappa shape index (κ2) is 6.36. The molecular weight excluding hydrogens is 248 g/mol. The zero-order chi connectivity index (χ0) is 14.6. The number of amides is 2. The van der Waals surface area contributed by atoms with Crippen molar-refractivity contribution in [3.8, 4) is 0 Å². The molecule has 0 atom stereocenters. The number of hydrogen-bond donors (Lipinski definition) is 2. The third kappa shape index (κ3) is 3.56. The van der Waals surface area contributed by atoms with Gasteiger partial charge in [-0.15, -0.1) is 0 Å². The number of nitrogens with one attached hydrogen (secondary N) is 1. The highest BCUT2D eigenvalue weighted by molar-refractivity contribution is 6.01. The zero-order valence-electron chi connectivity index (χ0n) is 11.5. The number of carboxylic acid groups (broad SMARTS) is 1. The lowest BCUT2D eigenvalue weighted by Gasteiger charge is -2.31. The van der Waals surface area contributed by atoms with E-state index < -0.39 is 5.97 Å². The van der Waals surface area contributed by atoms with Crippen molar-refractivity contribution in [1.29, 1.82) is 0 Å². The third-order valence-corrected chi connectivity index (χ3v) is 3.60. The molecule has 1 fully saturated rings. The maximum atomic E-state index is 12.1. The average Bonchev–Trinajstić information content (AvgIpc) is 2.44. The summed E-state index contributed by atoms with van der Waals surface area (Å²) in [6.45, 7) is 3.92. The van der Waals surface area contributed by atoms with Crippen molar-refractivity contribution >= 4 is 17.8 Å². The van der Waals surface area contributed by atoms with Gasteiger partial charge in [0.2, 0.25) is 11.8 Å². The Kier molecular flexibility index (Phi) is 5.09. The first kappa shape index (κ1) is 15.2. The van der Waals surface area contributed by atoms with Crippen LogP contribution in [0, 0.1) is 5.92 Å². The van der Waals surface area contributed by atoms with Crippen LogP contribution in [0.5, 0.6) is 0 Å². The summed E-state index contributed by atoms with van der Waals surface area (Å²) in [4.78, 5) is 36.0. The molecule has 1 saturated heterocycles. The van der Waals surface area contributed by atoms with Crippen LogP contribution in [-0.2, 0) is 14.4 Å². The average molecular weight is 268 g/mol. The predicted octanol–water partition coefficient (Wildman–Crippen LogP) is 0.392. The Balaban J connectivity index is 2.66. The third-order valence-electron chi connectivity index (χ3n) is 3.60. The van der Waals surface area contributed by atoms with Crippen LogP contribution in [0.1, 0.15) is 26.7 Å². The molecule has 0 aromatic carbocycles. The molecule has 0 unspecified atom stereocenters. The highest BCUT2D eigenvalue weighted by Gasteiger charge is 2.28. The normalized spacial score (nSPS) is 17.7. The number of rotatable bonds is 3. The number of carbonyl (C=O) groups excluding carboxylic acids is 2. The van der Waals surface area contributed by atoms with Crippen LogP contribution in [0.3, 0.4) is 0 Å². The molecule has 0 aromatic heterocycles. The molecule has 19 heavy (non-hydrogen) atoms. The van der Waals surface area contributed by atoms with Crippen LogP contribution < -0.4 is 5.32 Å². The van der Waals surface area contributed by atoms with Crippen molar-refractivity contribution in [3.05, 3.63) is 11.1 Å². The van der Waals surface area contributed by atoms with E-state index in [0.29, 0.717) is 25.9 Å². The molecule has 1 aliphatic heterocycles. The summed E-state index contributed by atoms with van der Waals surface area (Å²) >= 11 is 0. The lowest BCUT2D eigenvalue weighted by molar-refractivity contribution is -0.134. The quantitative estimate of drug-likeness (QED) is 0.725. The van der Waals surface area contributed by atoms with Crippen molar-refractivity contribution in [2.24, 2.45) is 5.92 Å².